The molecule has 1 aromatic rings. The third-order valence-corrected chi connectivity index (χ3v) is 4.58. The fourth-order valence-corrected chi connectivity index (χ4v) is 3.15. The van der Waals surface area contributed by atoms with Gasteiger partial charge in [-0.3, -0.25) is 4.79 Å². The minimum absolute atomic E-state index is 0.246. The van der Waals surface area contributed by atoms with Crippen molar-refractivity contribution in [3.8, 4) is 0 Å². The normalized spacial score (nSPS) is 23.4. The molecule has 3 nitrogen and oxygen atoms in total. The topological polar surface area (TPSA) is 46.3 Å². The van der Waals surface area contributed by atoms with Crippen molar-refractivity contribution < 1.29 is 4.79 Å². The summed E-state index contributed by atoms with van der Waals surface area (Å²) in [5.74, 6) is 0.246. The maximum atomic E-state index is 12.3. The monoisotopic (exact) mass is 324 g/mol. The Kier molecular flexibility index (Phi) is 4.99. The van der Waals surface area contributed by atoms with E-state index in [0.717, 1.165) is 30.3 Å². The number of hydrogen-bond donors (Lipinski definition) is 1. The lowest BCUT2D eigenvalue weighted by Gasteiger charge is -2.36. The van der Waals surface area contributed by atoms with Crippen LogP contribution in [0.15, 0.2) is 28.7 Å². The van der Waals surface area contributed by atoms with Gasteiger partial charge in [0.2, 0.25) is 5.91 Å². The van der Waals surface area contributed by atoms with Gasteiger partial charge in [0, 0.05) is 29.5 Å². The predicted octanol–water partition coefficient (Wildman–Crippen LogP) is 2.72. The molecule has 2 rings (SSSR count). The second-order valence-electron chi connectivity index (χ2n) is 5.31. The van der Waals surface area contributed by atoms with Crippen LogP contribution in [0.2, 0.25) is 0 Å². The largest absolute Gasteiger partial charge is 0.340 e. The summed E-state index contributed by atoms with van der Waals surface area (Å²) in [5, 5.41) is 0. The number of benzene rings is 1. The molecule has 0 saturated carbocycles. The van der Waals surface area contributed by atoms with E-state index in [9.17, 15) is 4.79 Å². The molecule has 1 amide bonds. The Balaban J connectivity index is 1.89. The van der Waals surface area contributed by atoms with Crippen molar-refractivity contribution in [1.29, 1.82) is 0 Å². The number of aryl methyl sites for hydroxylation is 1. The first-order chi connectivity index (χ1) is 9.08. The van der Waals surface area contributed by atoms with Gasteiger partial charge >= 0.3 is 0 Å². The summed E-state index contributed by atoms with van der Waals surface area (Å²) in [5.41, 5.74) is 7.12. The summed E-state index contributed by atoms with van der Waals surface area (Å²) in [6.45, 7) is 2.90. The van der Waals surface area contributed by atoms with Crippen LogP contribution >= 0.6 is 15.9 Å². The highest BCUT2D eigenvalue weighted by Gasteiger charge is 2.26. The van der Waals surface area contributed by atoms with E-state index >= 15 is 0 Å². The number of carbonyl (C=O) groups is 1. The summed E-state index contributed by atoms with van der Waals surface area (Å²) >= 11 is 3.52. The zero-order chi connectivity index (χ0) is 13.8. The van der Waals surface area contributed by atoms with E-state index in [2.05, 4.69) is 28.9 Å². The van der Waals surface area contributed by atoms with Gasteiger partial charge in [0.25, 0.3) is 0 Å². The molecular weight excluding hydrogens is 304 g/mol. The molecule has 0 aliphatic carbocycles. The van der Waals surface area contributed by atoms with Crippen molar-refractivity contribution in [3.05, 3.63) is 34.3 Å². The van der Waals surface area contributed by atoms with Gasteiger partial charge in [0.05, 0.1) is 0 Å². The standard InChI is InChI=1S/C15H21BrN2O/c1-11-10-13(17)8-9-18(11)15(19)7-6-12-4-2-3-5-14(12)16/h2-5,11,13H,6-10,17H2,1H3/t11-,13+/m0/s1. The minimum Gasteiger partial charge on any atom is -0.340 e. The van der Waals surface area contributed by atoms with E-state index in [1.165, 1.54) is 5.56 Å². The fourth-order valence-electron chi connectivity index (χ4n) is 2.67. The van der Waals surface area contributed by atoms with E-state index in [4.69, 9.17) is 5.73 Å². The van der Waals surface area contributed by atoms with E-state index < -0.39 is 0 Å². The molecule has 1 aliphatic heterocycles. The molecule has 0 unspecified atom stereocenters. The highest BCUT2D eigenvalue weighted by molar-refractivity contribution is 9.10. The average Bonchev–Trinajstić information content (AvgIpc) is 2.37. The van der Waals surface area contributed by atoms with Crippen molar-refractivity contribution in [2.75, 3.05) is 6.54 Å². The van der Waals surface area contributed by atoms with Gasteiger partial charge in [-0.2, -0.15) is 0 Å². The lowest BCUT2D eigenvalue weighted by Crippen LogP contribution is -2.48. The van der Waals surface area contributed by atoms with Crippen LogP contribution in [0.1, 0.15) is 31.7 Å². The number of amides is 1. The zero-order valence-corrected chi connectivity index (χ0v) is 12.9. The van der Waals surface area contributed by atoms with Gasteiger partial charge in [-0.25, -0.2) is 0 Å². The molecule has 19 heavy (non-hydrogen) atoms. The number of carbonyl (C=O) groups excluding carboxylic acids is 1. The summed E-state index contributed by atoms with van der Waals surface area (Å²) in [7, 11) is 0. The molecular formula is C15H21BrN2O. The predicted molar refractivity (Wildman–Crippen MR) is 80.8 cm³/mol. The second kappa shape index (κ2) is 6.53. The first kappa shape index (κ1) is 14.5. The van der Waals surface area contributed by atoms with E-state index in [1.54, 1.807) is 0 Å². The number of nitrogens with two attached hydrogens (primary N) is 1. The third-order valence-electron chi connectivity index (χ3n) is 3.80. The molecule has 0 spiro atoms. The molecule has 4 heteroatoms. The van der Waals surface area contributed by atoms with Crippen LogP contribution in [0, 0.1) is 0 Å². The Hall–Kier alpha value is -0.870. The number of hydrogen-bond acceptors (Lipinski definition) is 2. The fraction of sp³-hybridized carbons (Fsp3) is 0.533. The number of likely N-dealkylation sites (tertiary alicyclic amines) is 1. The van der Waals surface area contributed by atoms with Gasteiger partial charge in [-0.15, -0.1) is 0 Å². The summed E-state index contributed by atoms with van der Waals surface area (Å²) < 4.78 is 1.08. The molecule has 0 radical (unpaired) electrons. The van der Waals surface area contributed by atoms with Crippen molar-refractivity contribution in [1.82, 2.24) is 4.90 Å². The van der Waals surface area contributed by atoms with Gasteiger partial charge in [0.1, 0.15) is 0 Å². The maximum absolute atomic E-state index is 12.3. The Morgan fingerprint density at radius 3 is 2.89 bits per heavy atom. The lowest BCUT2D eigenvalue weighted by atomic mass is 9.98. The minimum atomic E-state index is 0.246. The summed E-state index contributed by atoms with van der Waals surface area (Å²) in [6, 6.07) is 8.60. The van der Waals surface area contributed by atoms with Crippen molar-refractivity contribution >= 4 is 21.8 Å². The molecule has 2 N–H and O–H groups in total. The highest BCUT2D eigenvalue weighted by atomic mass is 79.9. The second-order valence-corrected chi connectivity index (χ2v) is 6.17. The maximum Gasteiger partial charge on any atom is 0.223 e. The van der Waals surface area contributed by atoms with Crippen molar-refractivity contribution in [3.63, 3.8) is 0 Å². The third kappa shape index (κ3) is 3.80. The molecule has 2 atom stereocenters. The number of piperidine rings is 1. The van der Waals surface area contributed by atoms with E-state index in [-0.39, 0.29) is 18.0 Å². The molecule has 1 aromatic carbocycles. The molecule has 1 saturated heterocycles. The molecule has 1 aliphatic rings. The summed E-state index contributed by atoms with van der Waals surface area (Å²) in [6.07, 6.45) is 3.20. The number of rotatable bonds is 3. The van der Waals surface area contributed by atoms with Crippen LogP contribution in [0.25, 0.3) is 0 Å². The van der Waals surface area contributed by atoms with Crippen molar-refractivity contribution in [2.24, 2.45) is 5.73 Å². The Morgan fingerprint density at radius 2 is 2.21 bits per heavy atom. The van der Waals surface area contributed by atoms with E-state index in [0.29, 0.717) is 6.42 Å². The van der Waals surface area contributed by atoms with E-state index in [1.807, 2.05) is 23.1 Å². The average molecular weight is 325 g/mol. The van der Waals surface area contributed by atoms with Gasteiger partial charge in [0.15, 0.2) is 0 Å². The molecule has 0 aromatic heterocycles. The first-order valence-corrected chi connectivity index (χ1v) is 7.65. The van der Waals surface area contributed by atoms with Crippen LogP contribution in [-0.4, -0.2) is 29.4 Å². The van der Waals surface area contributed by atoms with Crippen LogP contribution in [-0.2, 0) is 11.2 Å². The zero-order valence-electron chi connectivity index (χ0n) is 11.3. The molecule has 104 valence electrons. The Bertz CT molecular complexity index is 450. The van der Waals surface area contributed by atoms with Gasteiger partial charge in [-0.05, 0) is 37.8 Å². The molecule has 0 bridgehead atoms. The highest BCUT2D eigenvalue weighted by Crippen LogP contribution is 2.20. The SMILES string of the molecule is C[C@H]1C[C@H](N)CCN1C(=O)CCc1ccccc1Br. The van der Waals surface area contributed by atoms with Crippen LogP contribution in [0.4, 0.5) is 0 Å². The lowest BCUT2D eigenvalue weighted by molar-refractivity contribution is -0.134. The Morgan fingerprint density at radius 1 is 1.47 bits per heavy atom. The number of nitrogens with zero attached hydrogens (tertiary/aromatic N) is 1. The van der Waals surface area contributed by atoms with Gasteiger partial charge < -0.3 is 10.6 Å². The first-order valence-electron chi connectivity index (χ1n) is 6.86. The number of halogens is 1. The summed E-state index contributed by atoms with van der Waals surface area (Å²) in [4.78, 5) is 14.3. The quantitative estimate of drug-likeness (QED) is 0.929. The Labute approximate surface area is 123 Å². The molecule has 1 fully saturated rings. The smallest absolute Gasteiger partial charge is 0.223 e. The van der Waals surface area contributed by atoms with Gasteiger partial charge in [-0.1, -0.05) is 34.1 Å². The van der Waals surface area contributed by atoms with Crippen LogP contribution in [0.3, 0.4) is 0 Å². The van der Waals surface area contributed by atoms with Crippen molar-refractivity contribution in [2.45, 2.75) is 44.7 Å². The van der Waals surface area contributed by atoms with Crippen LogP contribution < -0.4 is 5.73 Å². The van der Waals surface area contributed by atoms with Crippen LogP contribution in [0.5, 0.6) is 0 Å². The molecule has 1 heterocycles.